The van der Waals surface area contributed by atoms with Crippen LogP contribution in [0.15, 0.2) is 22.8 Å². The summed E-state index contributed by atoms with van der Waals surface area (Å²) in [6, 6.07) is 4.01. The molecule has 1 aromatic heterocycles. The average molecular weight is 191 g/mol. The Morgan fingerprint density at radius 1 is 1.43 bits per heavy atom. The zero-order chi connectivity index (χ0) is 10.1. The molecule has 2 N–H and O–H groups in total. The number of benzene rings is 1. The van der Waals surface area contributed by atoms with Crippen LogP contribution in [-0.2, 0) is 6.54 Å². The molecule has 0 saturated carbocycles. The van der Waals surface area contributed by atoms with E-state index >= 15 is 0 Å². The average Bonchev–Trinajstić information content (AvgIpc) is 2.59. The van der Waals surface area contributed by atoms with Gasteiger partial charge in [0, 0.05) is 17.5 Å². The Morgan fingerprint density at radius 2 is 2.21 bits per heavy atom. The maximum atomic E-state index is 5.60. The summed E-state index contributed by atoms with van der Waals surface area (Å²) in [5.74, 6) is 0.764. The second-order valence-electron chi connectivity index (χ2n) is 3.31. The van der Waals surface area contributed by atoms with Crippen LogP contribution in [0.1, 0.15) is 11.1 Å². The molecule has 0 spiro atoms. The molecule has 0 bridgehead atoms. The fourth-order valence-electron chi connectivity index (χ4n) is 1.60. The largest absolute Gasteiger partial charge is 0.493 e. The van der Waals surface area contributed by atoms with Crippen molar-refractivity contribution in [3.63, 3.8) is 0 Å². The van der Waals surface area contributed by atoms with Crippen LogP contribution in [0.5, 0.6) is 5.75 Å². The van der Waals surface area contributed by atoms with E-state index in [0.29, 0.717) is 6.54 Å². The second kappa shape index (κ2) is 3.35. The van der Waals surface area contributed by atoms with Crippen LogP contribution in [0.3, 0.4) is 0 Å². The molecule has 0 aliphatic rings. The minimum Gasteiger partial charge on any atom is -0.493 e. The standard InChI is InChI=1S/C11H13NO2/c1-7-3-9-8(5-12)6-14-11(9)10(4-7)13-2/h3-4,6H,5,12H2,1-2H3. The van der Waals surface area contributed by atoms with Crippen LogP contribution in [0.4, 0.5) is 0 Å². The molecule has 14 heavy (non-hydrogen) atoms. The number of furan rings is 1. The van der Waals surface area contributed by atoms with Gasteiger partial charge in [0.15, 0.2) is 11.3 Å². The highest BCUT2D eigenvalue weighted by molar-refractivity contribution is 5.87. The van der Waals surface area contributed by atoms with E-state index in [9.17, 15) is 0 Å². The Bertz CT molecular complexity index is 460. The van der Waals surface area contributed by atoms with E-state index in [2.05, 4.69) is 6.07 Å². The van der Waals surface area contributed by atoms with Crippen LogP contribution >= 0.6 is 0 Å². The molecule has 0 saturated heterocycles. The van der Waals surface area contributed by atoms with Crippen LogP contribution in [0.25, 0.3) is 11.0 Å². The first-order valence-corrected chi connectivity index (χ1v) is 4.51. The zero-order valence-electron chi connectivity index (χ0n) is 8.33. The predicted molar refractivity (Wildman–Crippen MR) is 55.4 cm³/mol. The highest BCUT2D eigenvalue weighted by Crippen LogP contribution is 2.30. The van der Waals surface area contributed by atoms with Crippen molar-refractivity contribution in [2.45, 2.75) is 13.5 Å². The van der Waals surface area contributed by atoms with Crippen LogP contribution in [-0.4, -0.2) is 7.11 Å². The number of methoxy groups -OCH3 is 1. The Labute approximate surface area is 82.5 Å². The molecule has 0 fully saturated rings. The molecule has 2 aromatic rings. The summed E-state index contributed by atoms with van der Waals surface area (Å²) >= 11 is 0. The van der Waals surface area contributed by atoms with Gasteiger partial charge in [-0.15, -0.1) is 0 Å². The van der Waals surface area contributed by atoms with Crippen molar-refractivity contribution >= 4 is 11.0 Å². The lowest BCUT2D eigenvalue weighted by molar-refractivity contribution is 0.410. The predicted octanol–water partition coefficient (Wildman–Crippen LogP) is 2.21. The van der Waals surface area contributed by atoms with Gasteiger partial charge in [-0.1, -0.05) is 0 Å². The Balaban J connectivity index is 2.76. The van der Waals surface area contributed by atoms with Crippen LogP contribution in [0, 0.1) is 6.92 Å². The SMILES string of the molecule is COc1cc(C)cc2c(CN)coc12. The molecule has 74 valence electrons. The van der Waals surface area contributed by atoms with Crippen LogP contribution < -0.4 is 10.5 Å². The third kappa shape index (κ3) is 1.26. The van der Waals surface area contributed by atoms with Crippen molar-refractivity contribution in [1.29, 1.82) is 0 Å². The van der Waals surface area contributed by atoms with E-state index in [1.807, 2.05) is 13.0 Å². The summed E-state index contributed by atoms with van der Waals surface area (Å²) < 4.78 is 10.6. The van der Waals surface area contributed by atoms with Crippen molar-refractivity contribution in [3.8, 4) is 5.75 Å². The van der Waals surface area contributed by atoms with E-state index in [-0.39, 0.29) is 0 Å². The summed E-state index contributed by atoms with van der Waals surface area (Å²) in [4.78, 5) is 0. The Hall–Kier alpha value is -1.48. The number of hydrogen-bond donors (Lipinski definition) is 1. The number of aryl methyl sites for hydroxylation is 1. The molecule has 0 radical (unpaired) electrons. The van der Waals surface area contributed by atoms with E-state index in [1.165, 1.54) is 0 Å². The molecule has 0 unspecified atom stereocenters. The van der Waals surface area contributed by atoms with E-state index in [1.54, 1.807) is 13.4 Å². The fraction of sp³-hybridized carbons (Fsp3) is 0.273. The van der Waals surface area contributed by atoms with Gasteiger partial charge in [0.2, 0.25) is 0 Å². The Kier molecular flexibility index (Phi) is 2.17. The van der Waals surface area contributed by atoms with E-state index < -0.39 is 0 Å². The minimum absolute atomic E-state index is 0.486. The number of hydrogen-bond acceptors (Lipinski definition) is 3. The molecule has 1 aromatic carbocycles. The molecule has 0 aliphatic carbocycles. The number of ether oxygens (including phenoxy) is 1. The molecule has 1 heterocycles. The lowest BCUT2D eigenvalue weighted by atomic mass is 10.1. The number of rotatable bonds is 2. The second-order valence-corrected chi connectivity index (χ2v) is 3.31. The smallest absolute Gasteiger partial charge is 0.176 e. The van der Waals surface area contributed by atoms with Gasteiger partial charge in [-0.3, -0.25) is 0 Å². The summed E-state index contributed by atoms with van der Waals surface area (Å²) in [5.41, 5.74) is 8.54. The summed E-state index contributed by atoms with van der Waals surface area (Å²) in [5, 5.41) is 1.05. The lowest BCUT2D eigenvalue weighted by Crippen LogP contribution is -1.94. The molecular weight excluding hydrogens is 178 g/mol. The van der Waals surface area contributed by atoms with E-state index in [0.717, 1.165) is 27.8 Å². The number of nitrogens with two attached hydrogens (primary N) is 1. The summed E-state index contributed by atoms with van der Waals surface area (Å²) in [6.07, 6.45) is 1.69. The first-order chi connectivity index (χ1) is 6.76. The van der Waals surface area contributed by atoms with Crippen molar-refractivity contribution in [2.75, 3.05) is 7.11 Å². The van der Waals surface area contributed by atoms with Gasteiger partial charge in [0.25, 0.3) is 0 Å². The normalized spacial score (nSPS) is 10.8. The molecule has 2 rings (SSSR count). The summed E-state index contributed by atoms with van der Waals surface area (Å²) in [7, 11) is 1.64. The van der Waals surface area contributed by atoms with Crippen LogP contribution in [0.2, 0.25) is 0 Å². The summed E-state index contributed by atoms with van der Waals surface area (Å²) in [6.45, 7) is 2.51. The van der Waals surface area contributed by atoms with Crippen molar-refractivity contribution in [1.82, 2.24) is 0 Å². The van der Waals surface area contributed by atoms with Crippen molar-refractivity contribution < 1.29 is 9.15 Å². The van der Waals surface area contributed by atoms with Gasteiger partial charge in [0.1, 0.15) is 0 Å². The maximum Gasteiger partial charge on any atom is 0.176 e. The van der Waals surface area contributed by atoms with Crippen molar-refractivity contribution in [3.05, 3.63) is 29.5 Å². The first kappa shape index (κ1) is 9.09. The Morgan fingerprint density at radius 3 is 2.86 bits per heavy atom. The third-order valence-electron chi connectivity index (χ3n) is 2.30. The van der Waals surface area contributed by atoms with Gasteiger partial charge in [-0.05, 0) is 24.6 Å². The van der Waals surface area contributed by atoms with E-state index in [4.69, 9.17) is 14.9 Å². The number of fused-ring (bicyclic) bond motifs is 1. The monoisotopic (exact) mass is 191 g/mol. The highest BCUT2D eigenvalue weighted by Gasteiger charge is 2.09. The topological polar surface area (TPSA) is 48.4 Å². The quantitative estimate of drug-likeness (QED) is 0.791. The molecule has 3 nitrogen and oxygen atoms in total. The lowest BCUT2D eigenvalue weighted by Gasteiger charge is -2.02. The molecule has 0 amide bonds. The van der Waals surface area contributed by atoms with Gasteiger partial charge < -0.3 is 14.9 Å². The third-order valence-corrected chi connectivity index (χ3v) is 2.30. The maximum absolute atomic E-state index is 5.60. The highest BCUT2D eigenvalue weighted by atomic mass is 16.5. The van der Waals surface area contributed by atoms with Crippen molar-refractivity contribution in [2.24, 2.45) is 5.73 Å². The minimum atomic E-state index is 0.486. The zero-order valence-corrected chi connectivity index (χ0v) is 8.33. The first-order valence-electron chi connectivity index (χ1n) is 4.51. The fourth-order valence-corrected chi connectivity index (χ4v) is 1.60. The molecule has 0 atom stereocenters. The molecule has 0 aliphatic heterocycles. The van der Waals surface area contributed by atoms with Gasteiger partial charge in [-0.25, -0.2) is 0 Å². The molecule has 3 heteroatoms. The van der Waals surface area contributed by atoms with Gasteiger partial charge in [-0.2, -0.15) is 0 Å². The van der Waals surface area contributed by atoms with Gasteiger partial charge in [0.05, 0.1) is 13.4 Å². The van der Waals surface area contributed by atoms with Gasteiger partial charge >= 0.3 is 0 Å². The molecular formula is C11H13NO2.